The SMILES string of the molecule is COc1cccc(C(=O)N2CCC(C(=O)Nc3ccc(OCc4cc(C)nc5ccccc45)cc3)[C@@H](C(=O)NOC(=O)C(F)(F)F)C2)c1. The minimum atomic E-state index is -5.36. The van der Waals surface area contributed by atoms with Gasteiger partial charge in [-0.05, 0) is 67.9 Å². The van der Waals surface area contributed by atoms with Gasteiger partial charge in [-0.1, -0.05) is 24.3 Å². The van der Waals surface area contributed by atoms with E-state index in [0.29, 0.717) is 17.2 Å². The Morgan fingerprint density at radius 1 is 0.917 bits per heavy atom. The Bertz CT molecular complexity index is 1830. The summed E-state index contributed by atoms with van der Waals surface area (Å²) in [5, 5.41) is 3.69. The highest BCUT2D eigenvalue weighted by atomic mass is 19.4. The first-order valence-electron chi connectivity index (χ1n) is 14.8. The summed E-state index contributed by atoms with van der Waals surface area (Å²) < 4.78 is 49.2. The maximum Gasteiger partial charge on any atom is 0.493 e. The average Bonchev–Trinajstić information content (AvgIpc) is 3.08. The third kappa shape index (κ3) is 8.00. The van der Waals surface area contributed by atoms with E-state index in [-0.39, 0.29) is 31.7 Å². The summed E-state index contributed by atoms with van der Waals surface area (Å²) in [5.41, 5.74) is 4.79. The summed E-state index contributed by atoms with van der Waals surface area (Å²) in [7, 11) is 1.43. The number of hydroxylamine groups is 1. The van der Waals surface area contributed by atoms with Crippen molar-refractivity contribution in [2.45, 2.75) is 26.1 Å². The molecule has 1 aliphatic heterocycles. The van der Waals surface area contributed by atoms with Gasteiger partial charge in [0.1, 0.15) is 18.1 Å². The van der Waals surface area contributed by atoms with Gasteiger partial charge in [0.05, 0.1) is 24.5 Å². The van der Waals surface area contributed by atoms with Crippen LogP contribution in [-0.2, 0) is 25.8 Å². The minimum Gasteiger partial charge on any atom is -0.497 e. The standard InChI is InChI=1S/C34H31F3N4O7/c1-20-16-22(26-8-3-4-9-29(26)38-20)19-47-24-12-10-23(11-13-24)39-30(42)27-14-15-41(32(44)21-6-5-7-25(17-21)46-2)18-28(27)31(43)40-48-33(45)34(35,36)37/h3-13,16-17,27-28H,14-15,18-19H2,1-2H3,(H,39,42)(H,40,43)/t27?,28-/m0/s1. The zero-order valence-corrected chi connectivity index (χ0v) is 25.9. The van der Waals surface area contributed by atoms with Crippen LogP contribution in [-0.4, -0.2) is 60.0 Å². The second-order valence-corrected chi connectivity index (χ2v) is 11.1. The molecule has 1 saturated heterocycles. The Hall–Kier alpha value is -5.66. The molecular weight excluding hydrogens is 633 g/mol. The minimum absolute atomic E-state index is 0.00660. The number of piperidine rings is 1. The van der Waals surface area contributed by atoms with Crippen LogP contribution in [0, 0.1) is 18.8 Å². The normalized spacial score (nSPS) is 16.1. The summed E-state index contributed by atoms with van der Waals surface area (Å²) in [6.07, 6.45) is -5.36. The zero-order chi connectivity index (χ0) is 34.4. The lowest BCUT2D eigenvalue weighted by Gasteiger charge is -2.36. The van der Waals surface area contributed by atoms with E-state index in [9.17, 15) is 32.3 Å². The van der Waals surface area contributed by atoms with Gasteiger partial charge in [-0.3, -0.25) is 19.4 Å². The van der Waals surface area contributed by atoms with Crippen LogP contribution in [0.25, 0.3) is 10.9 Å². The van der Waals surface area contributed by atoms with Crippen molar-refractivity contribution in [1.29, 1.82) is 0 Å². The van der Waals surface area contributed by atoms with Crippen LogP contribution in [0.3, 0.4) is 0 Å². The number of carbonyl (C=O) groups excluding carboxylic acids is 4. The number of nitrogens with one attached hydrogen (secondary N) is 2. The number of hydrogen-bond donors (Lipinski definition) is 2. The van der Waals surface area contributed by atoms with Crippen molar-refractivity contribution in [1.82, 2.24) is 15.4 Å². The van der Waals surface area contributed by atoms with Crippen molar-refractivity contribution in [3.63, 3.8) is 0 Å². The van der Waals surface area contributed by atoms with Crippen molar-refractivity contribution >= 4 is 40.3 Å². The number of methoxy groups -OCH3 is 1. The molecule has 1 unspecified atom stereocenters. The van der Waals surface area contributed by atoms with E-state index < -0.39 is 41.7 Å². The molecule has 250 valence electrons. The van der Waals surface area contributed by atoms with Crippen LogP contribution in [0.5, 0.6) is 11.5 Å². The van der Waals surface area contributed by atoms with E-state index in [2.05, 4.69) is 15.1 Å². The first-order valence-corrected chi connectivity index (χ1v) is 14.8. The molecule has 0 radical (unpaired) electrons. The largest absolute Gasteiger partial charge is 0.497 e. The number of aromatic nitrogens is 1. The van der Waals surface area contributed by atoms with Gasteiger partial charge in [0.15, 0.2) is 0 Å². The van der Waals surface area contributed by atoms with Crippen molar-refractivity contribution in [2.75, 3.05) is 25.5 Å². The Labute approximate surface area is 272 Å². The first-order chi connectivity index (χ1) is 22.9. The van der Waals surface area contributed by atoms with Crippen molar-refractivity contribution in [3.8, 4) is 11.5 Å². The van der Waals surface area contributed by atoms with E-state index in [1.807, 2.05) is 37.3 Å². The molecule has 3 aromatic carbocycles. The molecule has 1 aliphatic rings. The van der Waals surface area contributed by atoms with Gasteiger partial charge >= 0.3 is 12.1 Å². The monoisotopic (exact) mass is 664 g/mol. The topological polar surface area (TPSA) is 136 Å². The number of pyridine rings is 1. The Morgan fingerprint density at radius 3 is 2.40 bits per heavy atom. The number of ether oxygens (including phenoxy) is 2. The quantitative estimate of drug-likeness (QED) is 0.252. The Balaban J connectivity index is 1.27. The molecule has 2 heterocycles. The number of nitrogens with zero attached hydrogens (tertiary/aromatic N) is 2. The van der Waals surface area contributed by atoms with Crippen LogP contribution < -0.4 is 20.3 Å². The molecule has 0 bridgehead atoms. The summed E-state index contributed by atoms with van der Waals surface area (Å²) >= 11 is 0. The lowest BCUT2D eigenvalue weighted by molar-refractivity contribution is -0.208. The fraction of sp³-hybridized carbons (Fsp3) is 0.265. The number of rotatable bonds is 8. The van der Waals surface area contributed by atoms with E-state index >= 15 is 0 Å². The van der Waals surface area contributed by atoms with Crippen molar-refractivity contribution < 1.29 is 46.7 Å². The lowest BCUT2D eigenvalue weighted by atomic mass is 9.83. The van der Waals surface area contributed by atoms with Gasteiger partial charge in [0.25, 0.3) is 11.8 Å². The number of anilines is 1. The van der Waals surface area contributed by atoms with Gasteiger partial charge in [-0.25, -0.2) is 4.79 Å². The number of alkyl halides is 3. The molecule has 48 heavy (non-hydrogen) atoms. The van der Waals surface area contributed by atoms with Crippen LogP contribution in [0.15, 0.2) is 78.9 Å². The molecule has 1 aromatic heterocycles. The smallest absolute Gasteiger partial charge is 0.493 e. The molecule has 5 rings (SSSR count). The van der Waals surface area contributed by atoms with Gasteiger partial charge in [-0.15, -0.1) is 0 Å². The van der Waals surface area contributed by atoms with Crippen molar-refractivity contribution in [3.05, 3.63) is 95.7 Å². The van der Waals surface area contributed by atoms with Crippen LogP contribution in [0.4, 0.5) is 18.9 Å². The zero-order valence-electron chi connectivity index (χ0n) is 25.9. The number of likely N-dealkylation sites (tertiary alicyclic amines) is 1. The fourth-order valence-corrected chi connectivity index (χ4v) is 5.43. The van der Waals surface area contributed by atoms with E-state index in [4.69, 9.17) is 9.47 Å². The summed E-state index contributed by atoms with van der Waals surface area (Å²) in [4.78, 5) is 60.7. The van der Waals surface area contributed by atoms with Gasteiger partial charge in [0.2, 0.25) is 5.91 Å². The number of halogens is 3. The molecule has 4 aromatic rings. The third-order valence-corrected chi connectivity index (χ3v) is 7.81. The molecule has 2 N–H and O–H groups in total. The highest BCUT2D eigenvalue weighted by Gasteiger charge is 2.44. The van der Waals surface area contributed by atoms with Crippen LogP contribution in [0.2, 0.25) is 0 Å². The van der Waals surface area contributed by atoms with E-state index in [0.717, 1.165) is 22.2 Å². The molecule has 2 atom stereocenters. The molecule has 1 fully saturated rings. The molecule has 11 nitrogen and oxygen atoms in total. The maximum atomic E-state index is 13.4. The highest BCUT2D eigenvalue weighted by Crippen LogP contribution is 2.29. The Kier molecular flexibility index (Phi) is 10.1. The summed E-state index contributed by atoms with van der Waals surface area (Å²) in [6, 6.07) is 22.5. The molecule has 14 heteroatoms. The number of aryl methyl sites for hydroxylation is 1. The van der Waals surface area contributed by atoms with Crippen molar-refractivity contribution in [2.24, 2.45) is 11.8 Å². The van der Waals surface area contributed by atoms with Gasteiger partial charge in [-0.2, -0.15) is 18.7 Å². The molecule has 0 aliphatic carbocycles. The number of amides is 3. The number of hydrogen-bond acceptors (Lipinski definition) is 8. The van der Waals surface area contributed by atoms with E-state index in [1.165, 1.54) is 29.6 Å². The van der Waals surface area contributed by atoms with Crippen LogP contribution >= 0.6 is 0 Å². The van der Waals surface area contributed by atoms with Gasteiger partial charge < -0.3 is 24.5 Å². The second kappa shape index (κ2) is 14.4. The fourth-order valence-electron chi connectivity index (χ4n) is 5.43. The predicted molar refractivity (Wildman–Crippen MR) is 167 cm³/mol. The predicted octanol–water partition coefficient (Wildman–Crippen LogP) is 4.98. The highest BCUT2D eigenvalue weighted by molar-refractivity contribution is 5.98. The first kappa shape index (κ1) is 33.7. The molecule has 0 spiro atoms. The second-order valence-electron chi connectivity index (χ2n) is 11.1. The molecule has 0 saturated carbocycles. The van der Waals surface area contributed by atoms with Crippen LogP contribution in [0.1, 0.15) is 28.0 Å². The lowest BCUT2D eigenvalue weighted by Crippen LogP contribution is -2.52. The Morgan fingerprint density at radius 2 is 1.67 bits per heavy atom. The average molecular weight is 665 g/mol. The third-order valence-electron chi connectivity index (χ3n) is 7.81. The van der Waals surface area contributed by atoms with Gasteiger partial charge in [0, 0.05) is 41.0 Å². The number of fused-ring (bicyclic) bond motifs is 1. The number of carbonyl (C=O) groups is 4. The van der Waals surface area contributed by atoms with E-state index in [1.54, 1.807) is 36.4 Å². The molecule has 3 amide bonds. The summed E-state index contributed by atoms with van der Waals surface area (Å²) in [5.74, 6) is -6.38. The number of para-hydroxylation sites is 1. The molecular formula is C34H31F3N4O7. The summed E-state index contributed by atoms with van der Waals surface area (Å²) in [6.45, 7) is 1.91. The maximum absolute atomic E-state index is 13.4. The number of benzene rings is 3.